The van der Waals surface area contributed by atoms with Gasteiger partial charge < -0.3 is 0 Å². The third kappa shape index (κ3) is 1.10. The topological polar surface area (TPSA) is 12.5 Å². The summed E-state index contributed by atoms with van der Waals surface area (Å²) in [6, 6.07) is 0. The maximum Gasteiger partial charge on any atom is 0.0688 e. The number of hydrogen-bond acceptors (Lipinski definition) is 2. The summed E-state index contributed by atoms with van der Waals surface area (Å²) in [6.45, 7) is 3.32. The van der Waals surface area contributed by atoms with Gasteiger partial charge in [-0.05, 0) is 25.2 Å². The molecule has 0 aromatic heterocycles. The summed E-state index contributed by atoms with van der Waals surface area (Å²) in [5.41, 5.74) is 0. The van der Waals surface area contributed by atoms with Crippen molar-refractivity contribution in [1.29, 1.82) is 0 Å². The summed E-state index contributed by atoms with van der Waals surface area (Å²) in [4.78, 5) is 5.38. The van der Waals surface area contributed by atoms with E-state index in [1.807, 2.05) is 0 Å². The Morgan fingerprint density at radius 1 is 1.33 bits per heavy atom. The fourth-order valence-corrected chi connectivity index (χ4v) is 1.73. The highest BCUT2D eigenvalue weighted by atomic mass is 16.7. The van der Waals surface area contributed by atoms with E-state index in [9.17, 15) is 0 Å². The Morgan fingerprint density at radius 2 is 2.33 bits per heavy atom. The van der Waals surface area contributed by atoms with Gasteiger partial charge in [-0.1, -0.05) is 0 Å². The van der Waals surface area contributed by atoms with Crippen molar-refractivity contribution >= 4 is 0 Å². The monoisotopic (exact) mass is 127 g/mol. The van der Waals surface area contributed by atoms with Crippen LogP contribution < -0.4 is 0 Å². The zero-order chi connectivity index (χ0) is 6.10. The minimum Gasteiger partial charge on any atom is -0.299 e. The van der Waals surface area contributed by atoms with Gasteiger partial charge in [0.05, 0.1) is 6.61 Å². The van der Waals surface area contributed by atoms with Crippen molar-refractivity contribution < 1.29 is 4.84 Å². The highest BCUT2D eigenvalue weighted by Gasteiger charge is 2.24. The van der Waals surface area contributed by atoms with Crippen molar-refractivity contribution in [3.63, 3.8) is 0 Å². The average molecular weight is 127 g/mol. The van der Waals surface area contributed by atoms with Gasteiger partial charge in [-0.15, -0.1) is 0 Å². The van der Waals surface area contributed by atoms with Gasteiger partial charge in [-0.25, -0.2) is 0 Å². The molecule has 0 spiro atoms. The molecular formula is C7H13NO. The van der Waals surface area contributed by atoms with Crippen LogP contribution in [0.5, 0.6) is 0 Å². The van der Waals surface area contributed by atoms with Crippen molar-refractivity contribution in [2.75, 3.05) is 19.7 Å². The Labute approximate surface area is 55.7 Å². The lowest BCUT2D eigenvalue weighted by molar-refractivity contribution is -0.209. The van der Waals surface area contributed by atoms with E-state index in [0.717, 1.165) is 19.1 Å². The van der Waals surface area contributed by atoms with E-state index in [4.69, 9.17) is 4.84 Å². The van der Waals surface area contributed by atoms with Crippen molar-refractivity contribution in [3.8, 4) is 0 Å². The molecule has 2 nitrogen and oxygen atoms in total. The molecule has 0 N–H and O–H groups in total. The van der Waals surface area contributed by atoms with Crippen LogP contribution in [0.25, 0.3) is 0 Å². The number of rotatable bonds is 0. The Bertz CT molecular complexity index is 85.1. The SMILES string of the molecule is C1CC2CCON(C1)C2. The molecule has 0 aromatic carbocycles. The van der Waals surface area contributed by atoms with Crippen LogP contribution in [0.3, 0.4) is 0 Å². The molecule has 2 aliphatic rings. The number of fused-ring (bicyclic) bond motifs is 2. The van der Waals surface area contributed by atoms with Gasteiger partial charge in [0.1, 0.15) is 0 Å². The predicted octanol–water partition coefficient (Wildman–Crippen LogP) is 1.03. The number of piperidine rings is 1. The third-order valence-electron chi connectivity index (χ3n) is 2.28. The van der Waals surface area contributed by atoms with Crippen LogP contribution in [-0.2, 0) is 4.84 Å². The Morgan fingerprint density at radius 3 is 3.11 bits per heavy atom. The second-order valence-corrected chi connectivity index (χ2v) is 3.02. The lowest BCUT2D eigenvalue weighted by Gasteiger charge is -2.36. The van der Waals surface area contributed by atoms with E-state index in [1.165, 1.54) is 25.8 Å². The summed E-state index contributed by atoms with van der Waals surface area (Å²) in [7, 11) is 0. The summed E-state index contributed by atoms with van der Waals surface area (Å²) in [5.74, 6) is 0.951. The molecule has 2 bridgehead atoms. The molecule has 0 aliphatic carbocycles. The minimum atomic E-state index is 0.951. The van der Waals surface area contributed by atoms with Crippen molar-refractivity contribution in [3.05, 3.63) is 0 Å². The van der Waals surface area contributed by atoms with Crippen LogP contribution >= 0.6 is 0 Å². The van der Waals surface area contributed by atoms with Crippen LogP contribution in [0.15, 0.2) is 0 Å². The zero-order valence-electron chi connectivity index (χ0n) is 5.68. The smallest absolute Gasteiger partial charge is 0.0688 e. The minimum absolute atomic E-state index is 0.951. The van der Waals surface area contributed by atoms with Gasteiger partial charge in [0, 0.05) is 13.1 Å². The van der Waals surface area contributed by atoms with Crippen LogP contribution in [-0.4, -0.2) is 24.8 Å². The van der Waals surface area contributed by atoms with Gasteiger partial charge in [-0.3, -0.25) is 4.84 Å². The first kappa shape index (κ1) is 5.69. The van der Waals surface area contributed by atoms with Crippen LogP contribution in [0.1, 0.15) is 19.3 Å². The average Bonchev–Trinajstić information content (AvgIpc) is 1.88. The molecule has 2 saturated heterocycles. The van der Waals surface area contributed by atoms with Gasteiger partial charge in [-0.2, -0.15) is 5.06 Å². The number of nitrogens with zero attached hydrogens (tertiary/aromatic N) is 1. The lowest BCUT2D eigenvalue weighted by Crippen LogP contribution is -2.40. The molecule has 2 aliphatic heterocycles. The Kier molecular flexibility index (Phi) is 1.44. The highest BCUT2D eigenvalue weighted by molar-refractivity contribution is 4.71. The molecule has 2 rings (SSSR count). The van der Waals surface area contributed by atoms with E-state index in [-0.39, 0.29) is 0 Å². The van der Waals surface area contributed by atoms with E-state index in [1.54, 1.807) is 0 Å². The predicted molar refractivity (Wildman–Crippen MR) is 34.9 cm³/mol. The van der Waals surface area contributed by atoms with Gasteiger partial charge in [0.15, 0.2) is 0 Å². The first-order chi connectivity index (χ1) is 4.45. The van der Waals surface area contributed by atoms with E-state index >= 15 is 0 Å². The van der Waals surface area contributed by atoms with E-state index in [2.05, 4.69) is 5.06 Å². The molecule has 2 fully saturated rings. The zero-order valence-corrected chi connectivity index (χ0v) is 5.68. The maximum atomic E-state index is 5.38. The Hall–Kier alpha value is -0.0800. The van der Waals surface area contributed by atoms with Crippen molar-refractivity contribution in [2.45, 2.75) is 19.3 Å². The summed E-state index contributed by atoms with van der Waals surface area (Å²) in [5, 5.41) is 2.12. The first-order valence-electron chi connectivity index (χ1n) is 3.83. The standard InChI is InChI=1S/C7H13NO/c1-2-7-3-5-9-8(4-1)6-7/h7H,1-6H2. The first-order valence-corrected chi connectivity index (χ1v) is 3.83. The van der Waals surface area contributed by atoms with E-state index < -0.39 is 0 Å². The normalized spacial score (nSPS) is 42.7. The maximum absolute atomic E-state index is 5.38. The second kappa shape index (κ2) is 2.27. The van der Waals surface area contributed by atoms with Gasteiger partial charge >= 0.3 is 0 Å². The Balaban J connectivity index is 1.96. The molecule has 2 heteroatoms. The summed E-state index contributed by atoms with van der Waals surface area (Å²) < 4.78 is 0. The number of hydrogen-bond donors (Lipinski definition) is 0. The molecule has 2 unspecified atom stereocenters. The van der Waals surface area contributed by atoms with E-state index in [0.29, 0.717) is 0 Å². The molecule has 9 heavy (non-hydrogen) atoms. The van der Waals surface area contributed by atoms with Crippen molar-refractivity contribution in [1.82, 2.24) is 5.06 Å². The third-order valence-corrected chi connectivity index (χ3v) is 2.28. The molecule has 0 aromatic rings. The fourth-order valence-electron chi connectivity index (χ4n) is 1.73. The molecule has 2 atom stereocenters. The second-order valence-electron chi connectivity index (χ2n) is 3.02. The molecular weight excluding hydrogens is 114 g/mol. The molecule has 0 saturated carbocycles. The lowest BCUT2D eigenvalue weighted by atomic mass is 9.95. The number of hydroxylamine groups is 2. The molecule has 2 heterocycles. The van der Waals surface area contributed by atoms with Gasteiger partial charge in [0.25, 0.3) is 0 Å². The summed E-state index contributed by atoms with van der Waals surface area (Å²) >= 11 is 0. The van der Waals surface area contributed by atoms with Crippen LogP contribution in [0.2, 0.25) is 0 Å². The van der Waals surface area contributed by atoms with Gasteiger partial charge in [0.2, 0.25) is 0 Å². The molecule has 52 valence electrons. The van der Waals surface area contributed by atoms with Crippen molar-refractivity contribution in [2.24, 2.45) is 5.92 Å². The molecule has 0 amide bonds. The van der Waals surface area contributed by atoms with Crippen LogP contribution in [0, 0.1) is 5.92 Å². The quantitative estimate of drug-likeness (QED) is 0.482. The van der Waals surface area contributed by atoms with Crippen LogP contribution in [0.4, 0.5) is 0 Å². The highest BCUT2D eigenvalue weighted by Crippen LogP contribution is 2.23. The molecule has 0 radical (unpaired) electrons. The summed E-state index contributed by atoms with van der Waals surface area (Å²) in [6.07, 6.45) is 4.06. The largest absolute Gasteiger partial charge is 0.299 e. The fraction of sp³-hybridized carbons (Fsp3) is 1.00.